The standard InChI is InChI=1S/C12H17P/c1-11-7-3-4-8-12(11)13-9-5-2-6-10-13/h3-4,7-8H,2,5-6,9-10H2,1H3. The first-order chi connectivity index (χ1) is 6.38. The summed E-state index contributed by atoms with van der Waals surface area (Å²) in [6.07, 6.45) is 7.32. The highest BCUT2D eigenvalue weighted by Gasteiger charge is 2.15. The minimum Gasteiger partial charge on any atom is -0.0750 e. The van der Waals surface area contributed by atoms with Crippen molar-refractivity contribution < 1.29 is 0 Å². The van der Waals surface area contributed by atoms with Gasteiger partial charge in [-0.05, 0) is 43.0 Å². The fraction of sp³-hybridized carbons (Fsp3) is 0.500. The summed E-state index contributed by atoms with van der Waals surface area (Å²) in [6, 6.07) is 8.94. The fourth-order valence-electron chi connectivity index (χ4n) is 2.05. The Labute approximate surface area is 82.1 Å². The quantitative estimate of drug-likeness (QED) is 0.599. The molecule has 0 saturated carbocycles. The van der Waals surface area contributed by atoms with Crippen LogP contribution >= 0.6 is 7.92 Å². The molecule has 0 aromatic heterocycles. The lowest BCUT2D eigenvalue weighted by Gasteiger charge is -2.23. The molecule has 0 nitrogen and oxygen atoms in total. The zero-order valence-corrected chi connectivity index (χ0v) is 9.19. The maximum absolute atomic E-state index is 2.34. The molecule has 13 heavy (non-hydrogen) atoms. The molecule has 1 saturated heterocycles. The molecule has 0 radical (unpaired) electrons. The smallest absolute Gasteiger partial charge is 0.0211 e. The number of hydrogen-bond donors (Lipinski definition) is 0. The van der Waals surface area contributed by atoms with Crippen molar-refractivity contribution in [3.63, 3.8) is 0 Å². The van der Waals surface area contributed by atoms with E-state index in [1.54, 1.807) is 5.30 Å². The van der Waals surface area contributed by atoms with E-state index in [-0.39, 0.29) is 7.92 Å². The van der Waals surface area contributed by atoms with Gasteiger partial charge in [0.25, 0.3) is 0 Å². The van der Waals surface area contributed by atoms with E-state index in [1.165, 1.54) is 37.1 Å². The highest BCUT2D eigenvalue weighted by molar-refractivity contribution is 7.65. The maximum Gasteiger partial charge on any atom is -0.0211 e. The van der Waals surface area contributed by atoms with Crippen LogP contribution in [0.15, 0.2) is 24.3 Å². The Morgan fingerprint density at radius 2 is 1.69 bits per heavy atom. The lowest BCUT2D eigenvalue weighted by molar-refractivity contribution is 0.755. The van der Waals surface area contributed by atoms with Crippen molar-refractivity contribution >= 4 is 13.2 Å². The molecule has 0 atom stereocenters. The van der Waals surface area contributed by atoms with E-state index in [2.05, 4.69) is 31.2 Å². The van der Waals surface area contributed by atoms with Gasteiger partial charge in [0, 0.05) is 0 Å². The molecule has 0 amide bonds. The van der Waals surface area contributed by atoms with E-state index in [9.17, 15) is 0 Å². The number of rotatable bonds is 1. The van der Waals surface area contributed by atoms with Gasteiger partial charge < -0.3 is 0 Å². The molecule has 0 unspecified atom stereocenters. The van der Waals surface area contributed by atoms with Gasteiger partial charge in [0.05, 0.1) is 0 Å². The second kappa shape index (κ2) is 4.24. The van der Waals surface area contributed by atoms with Crippen molar-refractivity contribution in [3.8, 4) is 0 Å². The Balaban J connectivity index is 2.18. The summed E-state index contributed by atoms with van der Waals surface area (Å²) in [5, 5.41) is 1.66. The molecule has 1 aliphatic heterocycles. The molecular weight excluding hydrogens is 175 g/mol. The van der Waals surface area contributed by atoms with E-state index in [4.69, 9.17) is 0 Å². The average Bonchev–Trinajstić information content (AvgIpc) is 2.20. The van der Waals surface area contributed by atoms with Crippen molar-refractivity contribution in [3.05, 3.63) is 29.8 Å². The van der Waals surface area contributed by atoms with Gasteiger partial charge in [-0.1, -0.05) is 38.6 Å². The van der Waals surface area contributed by atoms with Crippen molar-refractivity contribution in [2.24, 2.45) is 0 Å². The zero-order valence-electron chi connectivity index (χ0n) is 8.29. The van der Waals surface area contributed by atoms with Crippen LogP contribution in [-0.2, 0) is 0 Å². The Hall–Kier alpha value is -0.350. The summed E-state index contributed by atoms with van der Waals surface area (Å²) in [4.78, 5) is 0. The summed E-state index contributed by atoms with van der Waals surface area (Å²) in [5.41, 5.74) is 1.51. The Morgan fingerprint density at radius 1 is 1.00 bits per heavy atom. The summed E-state index contributed by atoms with van der Waals surface area (Å²) < 4.78 is 0. The Morgan fingerprint density at radius 3 is 2.38 bits per heavy atom. The molecule has 0 aliphatic carbocycles. The highest BCUT2D eigenvalue weighted by atomic mass is 31.1. The Bertz CT molecular complexity index is 274. The van der Waals surface area contributed by atoms with Crippen LogP contribution in [0.5, 0.6) is 0 Å². The van der Waals surface area contributed by atoms with Gasteiger partial charge in [0.2, 0.25) is 0 Å². The van der Waals surface area contributed by atoms with Crippen LogP contribution in [0.1, 0.15) is 24.8 Å². The third-order valence-corrected chi connectivity index (χ3v) is 5.71. The third-order valence-electron chi connectivity index (χ3n) is 2.81. The van der Waals surface area contributed by atoms with Crippen molar-refractivity contribution in [2.75, 3.05) is 12.3 Å². The van der Waals surface area contributed by atoms with Crippen LogP contribution in [0.4, 0.5) is 0 Å². The average molecular weight is 192 g/mol. The molecule has 0 spiro atoms. The predicted octanol–water partition coefficient (Wildman–Crippen LogP) is 3.29. The van der Waals surface area contributed by atoms with Crippen LogP contribution in [0.2, 0.25) is 0 Å². The van der Waals surface area contributed by atoms with Gasteiger partial charge in [-0.2, -0.15) is 0 Å². The summed E-state index contributed by atoms with van der Waals surface area (Å²) in [5.74, 6) is 0. The molecule has 1 fully saturated rings. The molecule has 1 heteroatoms. The van der Waals surface area contributed by atoms with Crippen molar-refractivity contribution in [2.45, 2.75) is 26.2 Å². The fourth-order valence-corrected chi connectivity index (χ4v) is 4.84. The lowest BCUT2D eigenvalue weighted by Crippen LogP contribution is -2.12. The molecule has 0 bridgehead atoms. The van der Waals surface area contributed by atoms with E-state index < -0.39 is 0 Å². The van der Waals surface area contributed by atoms with Gasteiger partial charge in [0.15, 0.2) is 0 Å². The minimum absolute atomic E-state index is 0.212. The number of aryl methyl sites for hydroxylation is 1. The molecular formula is C12H17P. The predicted molar refractivity (Wildman–Crippen MR) is 61.3 cm³/mol. The van der Waals surface area contributed by atoms with Crippen LogP contribution in [-0.4, -0.2) is 12.3 Å². The maximum atomic E-state index is 2.34. The van der Waals surface area contributed by atoms with Crippen molar-refractivity contribution in [1.82, 2.24) is 0 Å². The highest BCUT2D eigenvalue weighted by Crippen LogP contribution is 2.41. The van der Waals surface area contributed by atoms with E-state index in [1.807, 2.05) is 0 Å². The third kappa shape index (κ3) is 2.11. The lowest BCUT2D eigenvalue weighted by atomic mass is 10.2. The van der Waals surface area contributed by atoms with Gasteiger partial charge in [-0.3, -0.25) is 0 Å². The summed E-state index contributed by atoms with van der Waals surface area (Å²) >= 11 is 0. The second-order valence-electron chi connectivity index (χ2n) is 3.83. The van der Waals surface area contributed by atoms with E-state index >= 15 is 0 Å². The monoisotopic (exact) mass is 192 g/mol. The molecule has 0 N–H and O–H groups in total. The molecule has 1 aliphatic rings. The van der Waals surface area contributed by atoms with Gasteiger partial charge in [0.1, 0.15) is 0 Å². The topological polar surface area (TPSA) is 0 Å². The van der Waals surface area contributed by atoms with E-state index in [0.29, 0.717) is 0 Å². The molecule has 70 valence electrons. The zero-order chi connectivity index (χ0) is 9.10. The SMILES string of the molecule is Cc1ccccc1P1CCCCC1. The first kappa shape index (κ1) is 9.21. The minimum atomic E-state index is 0.212. The van der Waals surface area contributed by atoms with Gasteiger partial charge in [-0.15, -0.1) is 0 Å². The normalized spacial score (nSPS) is 18.8. The summed E-state index contributed by atoms with van der Waals surface area (Å²) in [7, 11) is 0.212. The first-order valence-corrected chi connectivity index (χ1v) is 6.90. The first-order valence-electron chi connectivity index (χ1n) is 5.18. The largest absolute Gasteiger partial charge is 0.0750 e. The van der Waals surface area contributed by atoms with Gasteiger partial charge in [-0.25, -0.2) is 0 Å². The van der Waals surface area contributed by atoms with Crippen LogP contribution in [0, 0.1) is 6.92 Å². The Kier molecular flexibility index (Phi) is 3.01. The molecule has 1 aromatic rings. The molecule has 1 heterocycles. The van der Waals surface area contributed by atoms with Gasteiger partial charge >= 0.3 is 0 Å². The number of benzene rings is 1. The number of hydrogen-bond acceptors (Lipinski definition) is 0. The summed E-state index contributed by atoms with van der Waals surface area (Å²) in [6.45, 7) is 2.26. The van der Waals surface area contributed by atoms with E-state index in [0.717, 1.165) is 0 Å². The van der Waals surface area contributed by atoms with Crippen molar-refractivity contribution in [1.29, 1.82) is 0 Å². The van der Waals surface area contributed by atoms with Crippen LogP contribution < -0.4 is 5.30 Å². The second-order valence-corrected chi connectivity index (χ2v) is 6.29. The molecule has 1 aromatic carbocycles. The van der Waals surface area contributed by atoms with Crippen LogP contribution in [0.3, 0.4) is 0 Å². The molecule has 2 rings (SSSR count). The van der Waals surface area contributed by atoms with Crippen LogP contribution in [0.25, 0.3) is 0 Å².